The molecule has 0 aromatic heterocycles. The van der Waals surface area contributed by atoms with Gasteiger partial charge in [-0.15, -0.1) is 0 Å². The molecule has 3 N–H and O–H groups in total. The first-order valence-electron chi connectivity index (χ1n) is 13.4. The van der Waals surface area contributed by atoms with E-state index in [9.17, 15) is 19.5 Å². The van der Waals surface area contributed by atoms with Gasteiger partial charge in [0.1, 0.15) is 18.3 Å². The van der Waals surface area contributed by atoms with E-state index in [0.717, 1.165) is 24.0 Å². The van der Waals surface area contributed by atoms with Crippen molar-refractivity contribution in [3.63, 3.8) is 0 Å². The van der Waals surface area contributed by atoms with Crippen molar-refractivity contribution in [3.8, 4) is 0 Å². The van der Waals surface area contributed by atoms with Crippen LogP contribution in [0.25, 0.3) is 0 Å². The van der Waals surface area contributed by atoms with Gasteiger partial charge < -0.3 is 20.2 Å². The Morgan fingerprint density at radius 2 is 1.32 bits per heavy atom. The molecular formula is C29H36N4O4. The molecule has 0 bridgehead atoms. The Balaban J connectivity index is 1.46. The van der Waals surface area contributed by atoms with E-state index in [1.54, 1.807) is 9.80 Å². The monoisotopic (exact) mass is 504 g/mol. The van der Waals surface area contributed by atoms with Crippen molar-refractivity contribution in [1.82, 2.24) is 20.4 Å². The van der Waals surface area contributed by atoms with Crippen LogP contribution in [0.15, 0.2) is 60.7 Å². The van der Waals surface area contributed by atoms with Crippen molar-refractivity contribution in [2.75, 3.05) is 13.1 Å². The molecule has 0 saturated carbocycles. The molecule has 5 rings (SSSR count). The van der Waals surface area contributed by atoms with E-state index in [2.05, 4.69) is 10.6 Å². The second-order valence-electron chi connectivity index (χ2n) is 10.4. The van der Waals surface area contributed by atoms with Gasteiger partial charge in [0.2, 0.25) is 17.7 Å². The Bertz CT molecular complexity index is 1100. The maximum atomic E-state index is 13.9. The third kappa shape index (κ3) is 5.86. The van der Waals surface area contributed by atoms with Gasteiger partial charge in [0, 0.05) is 25.6 Å². The average molecular weight is 505 g/mol. The molecular weight excluding hydrogens is 468 g/mol. The fourth-order valence-electron chi connectivity index (χ4n) is 6.01. The van der Waals surface area contributed by atoms with Crippen molar-refractivity contribution in [2.45, 2.75) is 75.3 Å². The highest BCUT2D eigenvalue weighted by Crippen LogP contribution is 2.27. The number of rotatable bonds is 4. The first-order chi connectivity index (χ1) is 18.0. The van der Waals surface area contributed by atoms with Crippen LogP contribution in [-0.2, 0) is 27.2 Å². The van der Waals surface area contributed by atoms with Crippen LogP contribution >= 0.6 is 0 Å². The van der Waals surface area contributed by atoms with Crippen LogP contribution in [0.4, 0.5) is 0 Å². The fraction of sp³-hybridized carbons (Fsp3) is 0.483. The second kappa shape index (κ2) is 11.4. The summed E-state index contributed by atoms with van der Waals surface area (Å²) in [6.45, 7) is 1.02. The smallest absolute Gasteiger partial charge is 0.246 e. The third-order valence-corrected chi connectivity index (χ3v) is 7.81. The van der Waals surface area contributed by atoms with E-state index >= 15 is 0 Å². The molecule has 8 heteroatoms. The summed E-state index contributed by atoms with van der Waals surface area (Å²) in [6, 6.07) is 17.4. The van der Waals surface area contributed by atoms with Gasteiger partial charge in [0.15, 0.2) is 0 Å². The maximum absolute atomic E-state index is 13.9. The lowest BCUT2D eigenvalue weighted by molar-refractivity contribution is -0.147. The number of hydrogen-bond donors (Lipinski definition) is 3. The number of carbonyl (C=O) groups is 3. The van der Waals surface area contributed by atoms with Gasteiger partial charge in [-0.25, -0.2) is 0 Å². The zero-order valence-electron chi connectivity index (χ0n) is 21.1. The summed E-state index contributed by atoms with van der Waals surface area (Å²) in [5.74, 6) is -0.496. The summed E-state index contributed by atoms with van der Waals surface area (Å²) in [4.78, 5) is 44.3. The number of aliphatic hydroxyl groups is 1. The van der Waals surface area contributed by atoms with E-state index in [1.165, 1.54) is 0 Å². The first kappa shape index (κ1) is 25.4. The molecule has 196 valence electrons. The zero-order valence-corrected chi connectivity index (χ0v) is 21.1. The Hall–Kier alpha value is -3.23. The predicted octanol–water partition coefficient (Wildman–Crippen LogP) is 1.62. The van der Waals surface area contributed by atoms with E-state index in [-0.39, 0.29) is 30.2 Å². The Morgan fingerprint density at radius 1 is 0.757 bits per heavy atom. The summed E-state index contributed by atoms with van der Waals surface area (Å²) >= 11 is 0. The standard InChI is InChI=1S/C29H36N4O4/c34-26-19-22(17-20-9-3-1-4-10-20)30-27(35)24-13-7-15-32(24)29(37)25-14-8-16-33(25)28(36)23(31-26)18-21-11-5-2-6-12-21/h1-6,9-12,22-26,31,34H,7-8,13-19H2,(H,30,35)/t22-,23+,24-,25-,26?/m0/s1. The van der Waals surface area contributed by atoms with Crippen LogP contribution in [-0.4, -0.2) is 76.1 Å². The zero-order chi connectivity index (χ0) is 25.8. The minimum absolute atomic E-state index is 0.138. The summed E-state index contributed by atoms with van der Waals surface area (Å²) in [5, 5.41) is 17.4. The van der Waals surface area contributed by atoms with E-state index < -0.39 is 24.4 Å². The topological polar surface area (TPSA) is 102 Å². The highest BCUT2D eigenvalue weighted by Gasteiger charge is 2.44. The Kier molecular flexibility index (Phi) is 7.86. The van der Waals surface area contributed by atoms with Gasteiger partial charge in [0.25, 0.3) is 0 Å². The predicted molar refractivity (Wildman–Crippen MR) is 139 cm³/mol. The molecule has 2 aromatic rings. The largest absolute Gasteiger partial charge is 0.379 e. The van der Waals surface area contributed by atoms with Crippen molar-refractivity contribution >= 4 is 17.7 Å². The van der Waals surface area contributed by atoms with Gasteiger partial charge in [-0.2, -0.15) is 0 Å². The van der Waals surface area contributed by atoms with Crippen LogP contribution in [0.2, 0.25) is 0 Å². The summed E-state index contributed by atoms with van der Waals surface area (Å²) in [7, 11) is 0. The third-order valence-electron chi connectivity index (χ3n) is 7.81. The Morgan fingerprint density at radius 3 is 1.97 bits per heavy atom. The Labute approximate surface area is 218 Å². The molecule has 0 radical (unpaired) electrons. The highest BCUT2D eigenvalue weighted by molar-refractivity contribution is 5.94. The van der Waals surface area contributed by atoms with Crippen molar-refractivity contribution in [1.29, 1.82) is 0 Å². The fourth-order valence-corrected chi connectivity index (χ4v) is 6.01. The van der Waals surface area contributed by atoms with Crippen molar-refractivity contribution < 1.29 is 19.5 Å². The van der Waals surface area contributed by atoms with E-state index in [0.29, 0.717) is 38.8 Å². The van der Waals surface area contributed by atoms with Crippen LogP contribution in [0.3, 0.4) is 0 Å². The van der Waals surface area contributed by atoms with Gasteiger partial charge >= 0.3 is 0 Å². The number of nitrogens with one attached hydrogen (secondary N) is 2. The number of hydrogen-bond acceptors (Lipinski definition) is 5. The lowest BCUT2D eigenvalue weighted by Crippen LogP contribution is -2.56. The molecule has 3 fully saturated rings. The van der Waals surface area contributed by atoms with Gasteiger partial charge in [-0.3, -0.25) is 19.7 Å². The molecule has 37 heavy (non-hydrogen) atoms. The highest BCUT2D eigenvalue weighted by atomic mass is 16.3. The molecule has 5 atom stereocenters. The van der Waals surface area contributed by atoms with Gasteiger partial charge in [-0.1, -0.05) is 60.7 Å². The van der Waals surface area contributed by atoms with Gasteiger partial charge in [0.05, 0.1) is 6.04 Å². The van der Waals surface area contributed by atoms with Crippen LogP contribution in [0.1, 0.15) is 43.2 Å². The number of amides is 3. The molecule has 3 amide bonds. The molecule has 8 nitrogen and oxygen atoms in total. The molecule has 2 aromatic carbocycles. The van der Waals surface area contributed by atoms with Crippen LogP contribution < -0.4 is 10.6 Å². The lowest BCUT2D eigenvalue weighted by Gasteiger charge is -2.33. The summed E-state index contributed by atoms with van der Waals surface area (Å²) < 4.78 is 0. The first-order valence-corrected chi connectivity index (χ1v) is 13.4. The minimum atomic E-state index is -1.01. The number of carbonyl (C=O) groups excluding carboxylic acids is 3. The molecule has 0 aliphatic carbocycles. The molecule has 3 aliphatic rings. The number of fused-ring (bicyclic) bond motifs is 2. The normalized spacial score (nSPS) is 29.1. The number of nitrogens with zero attached hydrogens (tertiary/aromatic N) is 2. The molecule has 0 spiro atoms. The van der Waals surface area contributed by atoms with Crippen LogP contribution in [0, 0.1) is 0 Å². The molecule has 1 unspecified atom stereocenters. The SMILES string of the molecule is O=C1N[C@@H](Cc2ccccc2)CC(O)N[C@H](Cc2ccccc2)C(=O)N2CCC[C@H]2C(=O)N2CCC[C@@H]12. The van der Waals surface area contributed by atoms with Crippen molar-refractivity contribution in [3.05, 3.63) is 71.8 Å². The minimum Gasteiger partial charge on any atom is -0.379 e. The molecule has 3 heterocycles. The summed E-state index contributed by atoms with van der Waals surface area (Å²) in [5.41, 5.74) is 2.02. The van der Waals surface area contributed by atoms with E-state index in [1.807, 2.05) is 60.7 Å². The van der Waals surface area contributed by atoms with Crippen LogP contribution in [0.5, 0.6) is 0 Å². The summed E-state index contributed by atoms with van der Waals surface area (Å²) in [6.07, 6.45) is 2.86. The van der Waals surface area contributed by atoms with Gasteiger partial charge in [-0.05, 0) is 49.7 Å². The second-order valence-corrected chi connectivity index (χ2v) is 10.4. The molecule has 3 aliphatic heterocycles. The van der Waals surface area contributed by atoms with E-state index in [4.69, 9.17) is 0 Å². The quantitative estimate of drug-likeness (QED) is 0.588. The number of benzene rings is 2. The van der Waals surface area contributed by atoms with Crippen molar-refractivity contribution in [2.24, 2.45) is 0 Å². The average Bonchev–Trinajstić information content (AvgIpc) is 3.59. The number of aliphatic hydroxyl groups excluding tert-OH is 1. The molecule has 3 saturated heterocycles. The lowest BCUT2D eigenvalue weighted by atomic mass is 10.0. The maximum Gasteiger partial charge on any atom is 0.246 e.